The third kappa shape index (κ3) is 6.26. The van der Waals surface area contributed by atoms with Gasteiger partial charge in [-0.3, -0.25) is 9.59 Å². The molecule has 2 saturated heterocycles. The van der Waals surface area contributed by atoms with Crippen molar-refractivity contribution in [3.63, 3.8) is 0 Å². The Morgan fingerprint density at radius 3 is 2.53 bits per heavy atom. The maximum Gasteiger partial charge on any atom is 0.316 e. The fourth-order valence-electron chi connectivity index (χ4n) is 4.29. The van der Waals surface area contributed by atoms with Gasteiger partial charge < -0.3 is 19.3 Å². The lowest BCUT2D eigenvalue weighted by atomic mass is 9.96. The number of benzene rings is 1. The Hall–Kier alpha value is -3.00. The third-order valence-corrected chi connectivity index (χ3v) is 6.07. The second-order valence-corrected chi connectivity index (χ2v) is 8.51. The fourth-order valence-corrected chi connectivity index (χ4v) is 4.29. The number of rotatable bonds is 9. The average molecular weight is 439 g/mol. The molecule has 2 aromatic rings. The Balaban J connectivity index is 1.14. The van der Waals surface area contributed by atoms with Crippen molar-refractivity contribution in [3.8, 4) is 6.01 Å². The molecule has 0 radical (unpaired) electrons. The third-order valence-electron chi connectivity index (χ3n) is 6.07. The summed E-state index contributed by atoms with van der Waals surface area (Å²) < 4.78 is 11.2. The molecule has 1 unspecified atom stereocenters. The number of hydrogen-bond donors (Lipinski definition) is 0. The first kappa shape index (κ1) is 22.2. The maximum absolute atomic E-state index is 12.4. The van der Waals surface area contributed by atoms with Crippen LogP contribution < -0.4 is 4.74 Å². The topological polar surface area (TPSA) is 84.9 Å². The standard InChI is InChI=1S/C24H30N4O4/c29-22-13-21(17-32-24-25-9-4-10-26-24)15-28(22)14-19-7-11-27(12-8-19)23(30)18-31-16-20-5-2-1-3-6-20/h1-6,9-10,19,21H,7-8,11-18H2. The summed E-state index contributed by atoms with van der Waals surface area (Å²) in [5.41, 5.74) is 1.06. The summed E-state index contributed by atoms with van der Waals surface area (Å²) in [6.07, 6.45) is 5.60. The van der Waals surface area contributed by atoms with Gasteiger partial charge in [-0.2, -0.15) is 0 Å². The van der Waals surface area contributed by atoms with Gasteiger partial charge in [0.15, 0.2) is 0 Å². The molecule has 2 amide bonds. The lowest BCUT2D eigenvalue weighted by molar-refractivity contribution is -0.138. The van der Waals surface area contributed by atoms with Crippen molar-refractivity contribution in [1.82, 2.24) is 19.8 Å². The van der Waals surface area contributed by atoms with E-state index in [0.29, 0.717) is 38.1 Å². The minimum Gasteiger partial charge on any atom is -0.463 e. The van der Waals surface area contributed by atoms with Gasteiger partial charge in [-0.15, -0.1) is 0 Å². The molecule has 8 heteroatoms. The van der Waals surface area contributed by atoms with Crippen LogP contribution in [0.5, 0.6) is 6.01 Å². The highest BCUT2D eigenvalue weighted by Crippen LogP contribution is 2.24. The first-order valence-electron chi connectivity index (χ1n) is 11.2. The van der Waals surface area contributed by atoms with E-state index < -0.39 is 0 Å². The van der Waals surface area contributed by atoms with Crippen molar-refractivity contribution in [2.45, 2.75) is 25.9 Å². The molecule has 170 valence electrons. The number of nitrogens with zero attached hydrogens (tertiary/aromatic N) is 4. The summed E-state index contributed by atoms with van der Waals surface area (Å²) in [7, 11) is 0. The molecule has 1 aromatic heterocycles. The minimum absolute atomic E-state index is 0.0389. The maximum atomic E-state index is 12.4. The molecule has 3 heterocycles. The van der Waals surface area contributed by atoms with E-state index in [4.69, 9.17) is 9.47 Å². The molecule has 4 rings (SSSR count). The Labute approximate surface area is 188 Å². The van der Waals surface area contributed by atoms with E-state index in [1.165, 1.54) is 0 Å². The van der Waals surface area contributed by atoms with Crippen LogP contribution in [0.15, 0.2) is 48.8 Å². The van der Waals surface area contributed by atoms with Crippen molar-refractivity contribution >= 4 is 11.8 Å². The van der Waals surface area contributed by atoms with Crippen LogP contribution in [0.1, 0.15) is 24.8 Å². The van der Waals surface area contributed by atoms with E-state index in [1.807, 2.05) is 40.1 Å². The van der Waals surface area contributed by atoms with Crippen molar-refractivity contribution in [2.75, 3.05) is 39.4 Å². The lowest BCUT2D eigenvalue weighted by Crippen LogP contribution is -2.43. The second-order valence-electron chi connectivity index (χ2n) is 8.51. The van der Waals surface area contributed by atoms with Crippen LogP contribution in [-0.2, 0) is 20.9 Å². The van der Waals surface area contributed by atoms with E-state index in [9.17, 15) is 9.59 Å². The van der Waals surface area contributed by atoms with Crippen LogP contribution in [-0.4, -0.2) is 71.0 Å². The molecular weight excluding hydrogens is 408 g/mol. The van der Waals surface area contributed by atoms with Crippen molar-refractivity contribution in [1.29, 1.82) is 0 Å². The molecular formula is C24H30N4O4. The second kappa shape index (κ2) is 11.0. The SMILES string of the molecule is O=C(COCc1ccccc1)N1CCC(CN2CC(COc3ncccn3)CC2=O)CC1. The van der Waals surface area contributed by atoms with E-state index in [-0.39, 0.29) is 24.3 Å². The Morgan fingerprint density at radius 1 is 1.03 bits per heavy atom. The zero-order chi connectivity index (χ0) is 22.2. The molecule has 32 heavy (non-hydrogen) atoms. The quantitative estimate of drug-likeness (QED) is 0.597. The summed E-state index contributed by atoms with van der Waals surface area (Å²) in [5.74, 6) is 0.803. The van der Waals surface area contributed by atoms with Gasteiger partial charge in [0.2, 0.25) is 11.8 Å². The number of hydrogen-bond acceptors (Lipinski definition) is 6. The molecule has 8 nitrogen and oxygen atoms in total. The normalized spacial score (nSPS) is 19.4. The fraction of sp³-hybridized carbons (Fsp3) is 0.500. The average Bonchev–Trinajstić information content (AvgIpc) is 3.18. The minimum atomic E-state index is 0.0389. The monoisotopic (exact) mass is 438 g/mol. The van der Waals surface area contributed by atoms with Crippen LogP contribution in [0.4, 0.5) is 0 Å². The zero-order valence-electron chi connectivity index (χ0n) is 18.3. The summed E-state index contributed by atoms with van der Waals surface area (Å²) in [5, 5.41) is 0. The number of carbonyl (C=O) groups is 2. The molecule has 0 N–H and O–H groups in total. The lowest BCUT2D eigenvalue weighted by Gasteiger charge is -2.34. The summed E-state index contributed by atoms with van der Waals surface area (Å²) in [4.78, 5) is 36.8. The summed E-state index contributed by atoms with van der Waals surface area (Å²) in [6, 6.07) is 12.0. The molecule has 1 atom stereocenters. The summed E-state index contributed by atoms with van der Waals surface area (Å²) >= 11 is 0. The van der Waals surface area contributed by atoms with E-state index in [0.717, 1.165) is 38.0 Å². The van der Waals surface area contributed by atoms with Gasteiger partial charge in [-0.1, -0.05) is 30.3 Å². The number of likely N-dealkylation sites (tertiary alicyclic amines) is 2. The predicted molar refractivity (Wildman–Crippen MR) is 118 cm³/mol. The highest BCUT2D eigenvalue weighted by atomic mass is 16.5. The molecule has 2 aliphatic heterocycles. The van der Waals surface area contributed by atoms with Gasteiger partial charge in [0.05, 0.1) is 13.2 Å². The molecule has 2 aliphatic rings. The molecule has 0 bridgehead atoms. The van der Waals surface area contributed by atoms with Crippen LogP contribution in [0, 0.1) is 11.8 Å². The van der Waals surface area contributed by atoms with Gasteiger partial charge in [0.1, 0.15) is 6.61 Å². The van der Waals surface area contributed by atoms with Crippen LogP contribution in [0.3, 0.4) is 0 Å². The number of ether oxygens (including phenoxy) is 2. The number of piperidine rings is 1. The molecule has 0 aliphatic carbocycles. The smallest absolute Gasteiger partial charge is 0.316 e. The highest BCUT2D eigenvalue weighted by molar-refractivity contribution is 5.79. The van der Waals surface area contributed by atoms with Gasteiger partial charge in [0.25, 0.3) is 0 Å². The Morgan fingerprint density at radius 2 is 1.78 bits per heavy atom. The van der Waals surface area contributed by atoms with E-state index in [1.54, 1.807) is 18.5 Å². The Bertz CT molecular complexity index is 872. The first-order chi connectivity index (χ1) is 15.7. The largest absolute Gasteiger partial charge is 0.463 e. The molecule has 2 fully saturated rings. The number of amides is 2. The van der Waals surface area contributed by atoms with Gasteiger partial charge in [-0.05, 0) is 30.4 Å². The van der Waals surface area contributed by atoms with Gasteiger partial charge in [-0.25, -0.2) is 9.97 Å². The predicted octanol–water partition coefficient (Wildman–Crippen LogP) is 2.16. The molecule has 0 saturated carbocycles. The van der Waals surface area contributed by atoms with Crippen LogP contribution in [0.2, 0.25) is 0 Å². The van der Waals surface area contributed by atoms with Gasteiger partial charge in [0, 0.05) is 50.9 Å². The van der Waals surface area contributed by atoms with Gasteiger partial charge >= 0.3 is 6.01 Å². The molecule has 1 aromatic carbocycles. The Kier molecular flexibility index (Phi) is 7.66. The first-order valence-corrected chi connectivity index (χ1v) is 11.2. The van der Waals surface area contributed by atoms with E-state index in [2.05, 4.69) is 9.97 Å². The molecule has 0 spiro atoms. The van der Waals surface area contributed by atoms with Crippen LogP contribution >= 0.6 is 0 Å². The van der Waals surface area contributed by atoms with Crippen molar-refractivity contribution in [3.05, 3.63) is 54.4 Å². The zero-order valence-corrected chi connectivity index (χ0v) is 18.3. The highest BCUT2D eigenvalue weighted by Gasteiger charge is 2.33. The van der Waals surface area contributed by atoms with E-state index >= 15 is 0 Å². The number of carbonyl (C=O) groups excluding carboxylic acids is 2. The van der Waals surface area contributed by atoms with Crippen molar-refractivity contribution < 1.29 is 19.1 Å². The van der Waals surface area contributed by atoms with Crippen LogP contribution in [0.25, 0.3) is 0 Å². The summed E-state index contributed by atoms with van der Waals surface area (Å²) in [6.45, 7) is 3.90. The van der Waals surface area contributed by atoms with Crippen molar-refractivity contribution in [2.24, 2.45) is 11.8 Å². The number of aromatic nitrogens is 2.